The number of amidine groups is 1. The second kappa shape index (κ2) is 5.73. The lowest BCUT2D eigenvalue weighted by Crippen LogP contribution is -2.50. The number of amides is 1. The summed E-state index contributed by atoms with van der Waals surface area (Å²) >= 11 is 1.49. The number of fused-ring (bicyclic) bond motifs is 1. The molecule has 0 saturated carbocycles. The predicted octanol–water partition coefficient (Wildman–Crippen LogP) is 2.64. The van der Waals surface area contributed by atoms with Crippen molar-refractivity contribution >= 4 is 33.2 Å². The van der Waals surface area contributed by atoms with Crippen LogP contribution in [0.2, 0.25) is 0 Å². The zero-order chi connectivity index (χ0) is 14.8. The van der Waals surface area contributed by atoms with Crippen LogP contribution < -0.4 is 5.73 Å². The Labute approximate surface area is 126 Å². The summed E-state index contributed by atoms with van der Waals surface area (Å²) in [5.74, 6) is 0.0802. The highest BCUT2D eigenvalue weighted by Gasteiger charge is 2.31. The Morgan fingerprint density at radius 3 is 2.95 bits per heavy atom. The summed E-state index contributed by atoms with van der Waals surface area (Å²) in [6, 6.07) is 9.55. The molecule has 1 saturated heterocycles. The SMILES string of the molecule is NC(=NO)C1CCCCN1C(=O)c1cc2ccccc2s1. The van der Waals surface area contributed by atoms with Crippen molar-refractivity contribution in [2.24, 2.45) is 10.9 Å². The Balaban J connectivity index is 1.92. The molecular weight excluding hydrogens is 286 g/mol. The van der Waals surface area contributed by atoms with Crippen molar-refractivity contribution in [2.45, 2.75) is 25.3 Å². The average Bonchev–Trinajstić information content (AvgIpc) is 2.97. The van der Waals surface area contributed by atoms with Gasteiger partial charge in [0.1, 0.15) is 0 Å². The number of rotatable bonds is 2. The van der Waals surface area contributed by atoms with Crippen LogP contribution >= 0.6 is 11.3 Å². The fraction of sp³-hybridized carbons (Fsp3) is 0.333. The average molecular weight is 303 g/mol. The monoisotopic (exact) mass is 303 g/mol. The second-order valence-corrected chi connectivity index (χ2v) is 6.27. The van der Waals surface area contributed by atoms with Crippen LogP contribution in [-0.2, 0) is 0 Å². The molecule has 2 heterocycles. The molecule has 0 spiro atoms. The van der Waals surface area contributed by atoms with E-state index in [-0.39, 0.29) is 17.8 Å². The van der Waals surface area contributed by atoms with E-state index < -0.39 is 0 Å². The van der Waals surface area contributed by atoms with E-state index in [0.29, 0.717) is 11.4 Å². The summed E-state index contributed by atoms with van der Waals surface area (Å²) in [4.78, 5) is 15.2. The maximum absolute atomic E-state index is 12.7. The molecule has 1 aliphatic rings. The second-order valence-electron chi connectivity index (χ2n) is 5.18. The van der Waals surface area contributed by atoms with Crippen molar-refractivity contribution in [3.05, 3.63) is 35.2 Å². The quantitative estimate of drug-likeness (QED) is 0.387. The maximum atomic E-state index is 12.7. The Hall–Kier alpha value is -2.08. The van der Waals surface area contributed by atoms with Crippen LogP contribution in [0.4, 0.5) is 0 Å². The molecule has 5 nitrogen and oxygen atoms in total. The van der Waals surface area contributed by atoms with Gasteiger partial charge in [0.2, 0.25) is 0 Å². The van der Waals surface area contributed by atoms with Gasteiger partial charge in [-0.2, -0.15) is 0 Å². The first-order valence-corrected chi connectivity index (χ1v) is 7.79. The first-order chi connectivity index (χ1) is 10.2. The van der Waals surface area contributed by atoms with Crippen molar-refractivity contribution in [3.8, 4) is 0 Å². The summed E-state index contributed by atoms with van der Waals surface area (Å²) in [7, 11) is 0. The summed E-state index contributed by atoms with van der Waals surface area (Å²) in [5.41, 5.74) is 5.74. The summed E-state index contributed by atoms with van der Waals surface area (Å²) < 4.78 is 1.10. The molecule has 1 aliphatic heterocycles. The van der Waals surface area contributed by atoms with Crippen LogP contribution in [-0.4, -0.2) is 34.4 Å². The zero-order valence-corrected chi connectivity index (χ0v) is 12.3. The number of thiophene rings is 1. The van der Waals surface area contributed by atoms with Gasteiger partial charge in [0, 0.05) is 11.2 Å². The van der Waals surface area contributed by atoms with E-state index in [1.807, 2.05) is 30.3 Å². The van der Waals surface area contributed by atoms with Gasteiger partial charge in [-0.25, -0.2) is 0 Å². The molecule has 1 amide bonds. The number of piperidine rings is 1. The van der Waals surface area contributed by atoms with Crippen molar-refractivity contribution < 1.29 is 10.0 Å². The molecule has 110 valence electrons. The van der Waals surface area contributed by atoms with Gasteiger partial charge < -0.3 is 15.8 Å². The van der Waals surface area contributed by atoms with Crippen molar-refractivity contribution in [3.63, 3.8) is 0 Å². The number of likely N-dealkylation sites (tertiary alicyclic amines) is 1. The van der Waals surface area contributed by atoms with Gasteiger partial charge in [0.05, 0.1) is 10.9 Å². The number of carbonyl (C=O) groups excluding carboxylic acids is 1. The van der Waals surface area contributed by atoms with E-state index in [2.05, 4.69) is 5.16 Å². The first kappa shape index (κ1) is 13.9. The van der Waals surface area contributed by atoms with Gasteiger partial charge >= 0.3 is 0 Å². The van der Waals surface area contributed by atoms with Crippen LogP contribution in [0.1, 0.15) is 28.9 Å². The molecule has 6 heteroatoms. The van der Waals surface area contributed by atoms with Crippen molar-refractivity contribution in [2.75, 3.05) is 6.54 Å². The number of hydrogen-bond acceptors (Lipinski definition) is 4. The summed E-state index contributed by atoms with van der Waals surface area (Å²) in [5, 5.41) is 13.1. The molecule has 0 bridgehead atoms. The number of carbonyl (C=O) groups is 1. The van der Waals surface area contributed by atoms with E-state index in [1.54, 1.807) is 4.90 Å². The molecule has 1 atom stereocenters. The first-order valence-electron chi connectivity index (χ1n) is 6.97. The Morgan fingerprint density at radius 2 is 2.19 bits per heavy atom. The van der Waals surface area contributed by atoms with Gasteiger partial charge in [-0.3, -0.25) is 4.79 Å². The molecule has 1 aromatic heterocycles. The van der Waals surface area contributed by atoms with Gasteiger partial charge in [-0.1, -0.05) is 23.4 Å². The largest absolute Gasteiger partial charge is 0.409 e. The molecule has 21 heavy (non-hydrogen) atoms. The normalized spacial score (nSPS) is 19.9. The predicted molar refractivity (Wildman–Crippen MR) is 83.9 cm³/mol. The Morgan fingerprint density at radius 1 is 1.38 bits per heavy atom. The van der Waals surface area contributed by atoms with E-state index in [1.165, 1.54) is 11.3 Å². The number of benzene rings is 1. The number of hydrogen-bond donors (Lipinski definition) is 2. The van der Waals surface area contributed by atoms with E-state index in [4.69, 9.17) is 10.9 Å². The number of oxime groups is 1. The zero-order valence-electron chi connectivity index (χ0n) is 11.5. The van der Waals surface area contributed by atoms with Crippen LogP contribution in [0.3, 0.4) is 0 Å². The standard InChI is InChI=1S/C15H17N3O2S/c16-14(17-20)11-6-3-4-8-18(11)15(19)13-9-10-5-1-2-7-12(10)21-13/h1-2,5,7,9,11,20H,3-4,6,8H2,(H2,16,17). The molecule has 1 aromatic carbocycles. The molecule has 3 rings (SSSR count). The third-order valence-corrected chi connectivity index (χ3v) is 4.96. The van der Waals surface area contributed by atoms with Crippen LogP contribution in [0.15, 0.2) is 35.5 Å². The third kappa shape index (κ3) is 2.58. The van der Waals surface area contributed by atoms with Crippen LogP contribution in [0.5, 0.6) is 0 Å². The fourth-order valence-electron chi connectivity index (χ4n) is 2.78. The lowest BCUT2D eigenvalue weighted by atomic mass is 10.0. The fourth-order valence-corrected chi connectivity index (χ4v) is 3.80. The highest BCUT2D eigenvalue weighted by atomic mass is 32.1. The Bertz CT molecular complexity index is 662. The maximum Gasteiger partial charge on any atom is 0.264 e. The Kier molecular flexibility index (Phi) is 3.79. The van der Waals surface area contributed by atoms with Crippen molar-refractivity contribution in [1.29, 1.82) is 0 Å². The van der Waals surface area contributed by atoms with E-state index in [0.717, 1.165) is 29.3 Å². The molecule has 1 unspecified atom stereocenters. The van der Waals surface area contributed by atoms with Crippen molar-refractivity contribution in [1.82, 2.24) is 4.90 Å². The van der Waals surface area contributed by atoms with Crippen LogP contribution in [0.25, 0.3) is 10.1 Å². The minimum absolute atomic E-state index is 0.0347. The topological polar surface area (TPSA) is 78.9 Å². The molecule has 0 radical (unpaired) electrons. The number of nitrogens with two attached hydrogens (primary N) is 1. The highest BCUT2D eigenvalue weighted by molar-refractivity contribution is 7.20. The van der Waals surface area contributed by atoms with Gasteiger partial charge in [0.15, 0.2) is 5.84 Å². The molecule has 2 aromatic rings. The smallest absolute Gasteiger partial charge is 0.264 e. The summed E-state index contributed by atoms with van der Waals surface area (Å²) in [6.07, 6.45) is 2.68. The summed E-state index contributed by atoms with van der Waals surface area (Å²) in [6.45, 7) is 0.647. The minimum atomic E-state index is -0.304. The van der Waals surface area contributed by atoms with E-state index >= 15 is 0 Å². The molecule has 1 fully saturated rings. The molecular formula is C15H17N3O2S. The minimum Gasteiger partial charge on any atom is -0.409 e. The third-order valence-electron chi connectivity index (χ3n) is 3.86. The lowest BCUT2D eigenvalue weighted by Gasteiger charge is -2.34. The molecule has 0 aliphatic carbocycles. The van der Waals surface area contributed by atoms with Crippen LogP contribution in [0, 0.1) is 0 Å². The van der Waals surface area contributed by atoms with Gasteiger partial charge in [-0.05, 0) is 36.8 Å². The number of nitrogens with zero attached hydrogens (tertiary/aromatic N) is 2. The lowest BCUT2D eigenvalue weighted by molar-refractivity contribution is 0.0681. The van der Waals surface area contributed by atoms with E-state index in [9.17, 15) is 4.79 Å². The van der Waals surface area contributed by atoms with Gasteiger partial charge in [0.25, 0.3) is 5.91 Å². The molecule has 3 N–H and O–H groups in total. The highest BCUT2D eigenvalue weighted by Crippen LogP contribution is 2.28. The van der Waals surface area contributed by atoms with Gasteiger partial charge in [-0.15, -0.1) is 11.3 Å².